The Hall–Kier alpha value is -1.51. The van der Waals surface area contributed by atoms with E-state index < -0.39 is 0 Å². The van der Waals surface area contributed by atoms with Gasteiger partial charge in [0.15, 0.2) is 0 Å². The molecule has 0 atom stereocenters. The molecule has 2 rings (SSSR count). The molecule has 3 nitrogen and oxygen atoms in total. The molecule has 1 aromatic rings. The molecule has 0 radical (unpaired) electrons. The molecule has 0 aliphatic carbocycles. The normalized spacial score (nSPS) is 17.3. The molecular weight excluding hydrogens is 224 g/mol. The average molecular weight is 246 g/mol. The van der Waals surface area contributed by atoms with Gasteiger partial charge in [-0.05, 0) is 37.5 Å². The molecule has 0 bridgehead atoms. The Balaban J connectivity index is 2.49. The Labute approximate surface area is 109 Å². The highest BCUT2D eigenvalue weighted by molar-refractivity contribution is 5.96. The van der Waals surface area contributed by atoms with E-state index in [2.05, 4.69) is 45.1 Å². The van der Waals surface area contributed by atoms with E-state index in [1.165, 1.54) is 5.56 Å². The van der Waals surface area contributed by atoms with E-state index in [9.17, 15) is 4.79 Å². The number of nitrogens with one attached hydrogen (secondary N) is 1. The van der Waals surface area contributed by atoms with Gasteiger partial charge in [-0.3, -0.25) is 4.79 Å². The Kier molecular flexibility index (Phi) is 3.09. The van der Waals surface area contributed by atoms with E-state index in [-0.39, 0.29) is 11.4 Å². The summed E-state index contributed by atoms with van der Waals surface area (Å²) in [4.78, 5) is 13.6. The monoisotopic (exact) mass is 246 g/mol. The zero-order valence-corrected chi connectivity index (χ0v) is 11.9. The number of fused-ring (bicyclic) bond motifs is 1. The summed E-state index contributed by atoms with van der Waals surface area (Å²) in [5.74, 6) is 0.594. The highest BCUT2D eigenvalue weighted by atomic mass is 16.2. The molecule has 0 spiro atoms. The quantitative estimate of drug-likeness (QED) is 0.824. The van der Waals surface area contributed by atoms with Gasteiger partial charge in [0.25, 0.3) is 0 Å². The van der Waals surface area contributed by atoms with E-state index in [0.717, 1.165) is 11.4 Å². The van der Waals surface area contributed by atoms with Crippen LogP contribution in [0.5, 0.6) is 0 Å². The number of nitrogens with zero attached hydrogens (tertiary/aromatic N) is 1. The molecule has 1 amide bonds. The second-order valence-electron chi connectivity index (χ2n) is 6.05. The van der Waals surface area contributed by atoms with Crippen LogP contribution in [-0.2, 0) is 4.79 Å². The fraction of sp³-hybridized carbons (Fsp3) is 0.533. The number of carbonyl (C=O) groups is 1. The molecule has 1 aromatic carbocycles. The summed E-state index contributed by atoms with van der Waals surface area (Å²) in [5.41, 5.74) is 3.26. The number of rotatable bonds is 1. The minimum absolute atomic E-state index is 0.0890. The van der Waals surface area contributed by atoms with Crippen molar-refractivity contribution in [3.63, 3.8) is 0 Å². The fourth-order valence-electron chi connectivity index (χ4n) is 2.41. The first kappa shape index (κ1) is 12.9. The van der Waals surface area contributed by atoms with Crippen molar-refractivity contribution >= 4 is 17.3 Å². The molecule has 0 aromatic heterocycles. The van der Waals surface area contributed by atoms with Gasteiger partial charge in [0.1, 0.15) is 0 Å². The van der Waals surface area contributed by atoms with Crippen LogP contribution in [0.15, 0.2) is 18.2 Å². The Bertz CT molecular complexity index is 477. The van der Waals surface area contributed by atoms with Crippen LogP contribution in [0.4, 0.5) is 11.4 Å². The van der Waals surface area contributed by atoms with E-state index in [1.54, 1.807) is 6.92 Å². The van der Waals surface area contributed by atoms with E-state index in [0.29, 0.717) is 12.5 Å². The summed E-state index contributed by atoms with van der Waals surface area (Å²) in [6.07, 6.45) is 0. The third kappa shape index (κ3) is 2.35. The van der Waals surface area contributed by atoms with Crippen molar-refractivity contribution in [2.45, 2.75) is 46.1 Å². The van der Waals surface area contributed by atoms with Crippen LogP contribution in [0.3, 0.4) is 0 Å². The van der Waals surface area contributed by atoms with Crippen molar-refractivity contribution in [3.8, 4) is 0 Å². The standard InChI is InChI=1S/C15H22N2O/c1-10(2)12-6-7-14-13(8-12)16-15(4,5)9-17(14)11(3)18/h6-8,10,16H,9H2,1-5H3. The molecule has 3 heteroatoms. The molecule has 1 aliphatic heterocycles. The Morgan fingerprint density at radius 1 is 1.39 bits per heavy atom. The van der Waals surface area contributed by atoms with Crippen molar-refractivity contribution in [1.29, 1.82) is 0 Å². The fourth-order valence-corrected chi connectivity index (χ4v) is 2.41. The third-order valence-electron chi connectivity index (χ3n) is 3.38. The highest BCUT2D eigenvalue weighted by Gasteiger charge is 2.31. The lowest BCUT2D eigenvalue weighted by Crippen LogP contribution is -2.50. The van der Waals surface area contributed by atoms with Crippen LogP contribution < -0.4 is 10.2 Å². The van der Waals surface area contributed by atoms with Crippen LogP contribution in [0, 0.1) is 0 Å². The molecule has 98 valence electrons. The Morgan fingerprint density at radius 2 is 2.06 bits per heavy atom. The average Bonchev–Trinajstić information content (AvgIpc) is 2.25. The van der Waals surface area contributed by atoms with Crippen LogP contribution in [-0.4, -0.2) is 18.0 Å². The maximum Gasteiger partial charge on any atom is 0.224 e. The lowest BCUT2D eigenvalue weighted by atomic mass is 9.96. The van der Waals surface area contributed by atoms with Crippen LogP contribution in [0.1, 0.15) is 46.1 Å². The summed E-state index contributed by atoms with van der Waals surface area (Å²) < 4.78 is 0. The van der Waals surface area contributed by atoms with Gasteiger partial charge in [-0.1, -0.05) is 19.9 Å². The number of benzene rings is 1. The number of hydrogen-bond donors (Lipinski definition) is 1. The zero-order chi connectivity index (χ0) is 13.5. The molecule has 0 unspecified atom stereocenters. The zero-order valence-electron chi connectivity index (χ0n) is 11.9. The largest absolute Gasteiger partial charge is 0.377 e. The Morgan fingerprint density at radius 3 is 2.61 bits per heavy atom. The predicted molar refractivity (Wildman–Crippen MR) is 76.3 cm³/mol. The van der Waals surface area contributed by atoms with Crippen molar-refractivity contribution in [1.82, 2.24) is 0 Å². The maximum absolute atomic E-state index is 11.8. The minimum Gasteiger partial charge on any atom is -0.377 e. The maximum atomic E-state index is 11.8. The number of amides is 1. The molecule has 1 aliphatic rings. The SMILES string of the molecule is CC(=O)N1CC(C)(C)Nc2cc(C(C)C)ccc21. The number of hydrogen-bond acceptors (Lipinski definition) is 2. The number of anilines is 2. The summed E-state index contributed by atoms with van der Waals surface area (Å²) in [7, 11) is 0. The molecule has 1 heterocycles. The van der Waals surface area contributed by atoms with Gasteiger partial charge in [-0.25, -0.2) is 0 Å². The van der Waals surface area contributed by atoms with Gasteiger partial charge >= 0.3 is 0 Å². The van der Waals surface area contributed by atoms with Crippen LogP contribution in [0.2, 0.25) is 0 Å². The van der Waals surface area contributed by atoms with Gasteiger partial charge in [0.05, 0.1) is 11.4 Å². The molecule has 1 N–H and O–H groups in total. The van der Waals surface area contributed by atoms with Crippen LogP contribution in [0.25, 0.3) is 0 Å². The molecule has 0 saturated heterocycles. The lowest BCUT2D eigenvalue weighted by Gasteiger charge is -2.40. The van der Waals surface area contributed by atoms with E-state index >= 15 is 0 Å². The summed E-state index contributed by atoms with van der Waals surface area (Å²) in [5, 5.41) is 3.52. The summed E-state index contributed by atoms with van der Waals surface area (Å²) in [6, 6.07) is 6.32. The molecule has 0 saturated carbocycles. The predicted octanol–water partition coefficient (Wildman–Crippen LogP) is 3.37. The van der Waals surface area contributed by atoms with Gasteiger partial charge in [-0.2, -0.15) is 0 Å². The second-order valence-corrected chi connectivity index (χ2v) is 6.05. The second kappa shape index (κ2) is 4.30. The summed E-state index contributed by atoms with van der Waals surface area (Å²) >= 11 is 0. The van der Waals surface area contributed by atoms with Gasteiger partial charge < -0.3 is 10.2 Å². The molecular formula is C15H22N2O. The smallest absolute Gasteiger partial charge is 0.224 e. The van der Waals surface area contributed by atoms with E-state index in [1.807, 2.05) is 11.0 Å². The first-order valence-corrected chi connectivity index (χ1v) is 6.50. The first-order chi connectivity index (χ1) is 8.30. The van der Waals surface area contributed by atoms with Crippen molar-refractivity contribution in [2.75, 3.05) is 16.8 Å². The minimum atomic E-state index is -0.0890. The van der Waals surface area contributed by atoms with Crippen LogP contribution >= 0.6 is 0 Å². The van der Waals surface area contributed by atoms with Gasteiger partial charge in [0, 0.05) is 19.0 Å². The highest BCUT2D eigenvalue weighted by Crippen LogP contribution is 2.36. The van der Waals surface area contributed by atoms with Gasteiger partial charge in [-0.15, -0.1) is 0 Å². The molecule has 18 heavy (non-hydrogen) atoms. The lowest BCUT2D eigenvalue weighted by molar-refractivity contribution is -0.116. The van der Waals surface area contributed by atoms with Gasteiger partial charge in [0.2, 0.25) is 5.91 Å². The van der Waals surface area contributed by atoms with Crippen molar-refractivity contribution in [3.05, 3.63) is 23.8 Å². The molecule has 0 fully saturated rings. The van der Waals surface area contributed by atoms with Crippen molar-refractivity contribution in [2.24, 2.45) is 0 Å². The van der Waals surface area contributed by atoms with Crippen molar-refractivity contribution < 1.29 is 4.79 Å². The third-order valence-corrected chi connectivity index (χ3v) is 3.38. The van der Waals surface area contributed by atoms with E-state index in [4.69, 9.17) is 0 Å². The first-order valence-electron chi connectivity index (χ1n) is 6.50. The summed E-state index contributed by atoms with van der Waals surface area (Å²) in [6.45, 7) is 10.9. The topological polar surface area (TPSA) is 32.3 Å². The number of carbonyl (C=O) groups excluding carboxylic acids is 1.